The summed E-state index contributed by atoms with van der Waals surface area (Å²) in [6, 6.07) is 6.70. The second-order valence-electron chi connectivity index (χ2n) is 4.74. The van der Waals surface area contributed by atoms with E-state index in [1.807, 2.05) is 31.5 Å². The van der Waals surface area contributed by atoms with Crippen LogP contribution in [-0.4, -0.2) is 15.6 Å². The molecule has 0 unspecified atom stereocenters. The Morgan fingerprint density at radius 3 is 2.94 bits per heavy atom. The zero-order chi connectivity index (χ0) is 12.5. The Morgan fingerprint density at radius 2 is 2.28 bits per heavy atom. The molecular weight excluding hydrogens is 246 g/mol. The molecule has 0 saturated heterocycles. The Morgan fingerprint density at radius 1 is 1.44 bits per heavy atom. The molecule has 3 nitrogen and oxygen atoms in total. The quantitative estimate of drug-likeness (QED) is 0.917. The molecular formula is C14H16ClN3. The molecule has 1 N–H and O–H groups in total. The van der Waals surface area contributed by atoms with E-state index in [2.05, 4.69) is 20.9 Å². The average Bonchev–Trinajstić information content (AvgIpc) is 3.09. The topological polar surface area (TPSA) is 29.9 Å². The summed E-state index contributed by atoms with van der Waals surface area (Å²) in [5.41, 5.74) is 2.26. The number of aromatic nitrogens is 2. The van der Waals surface area contributed by atoms with Gasteiger partial charge >= 0.3 is 0 Å². The van der Waals surface area contributed by atoms with Crippen LogP contribution >= 0.6 is 11.6 Å². The fraction of sp³-hybridized carbons (Fsp3) is 0.357. The zero-order valence-corrected chi connectivity index (χ0v) is 11.1. The summed E-state index contributed by atoms with van der Waals surface area (Å²) >= 11 is 6.33. The maximum atomic E-state index is 6.33. The molecule has 94 valence electrons. The Balaban J connectivity index is 1.97. The van der Waals surface area contributed by atoms with E-state index in [0.29, 0.717) is 6.04 Å². The van der Waals surface area contributed by atoms with Crippen LogP contribution in [0.1, 0.15) is 24.2 Å². The van der Waals surface area contributed by atoms with Crippen molar-refractivity contribution in [1.82, 2.24) is 14.9 Å². The average molecular weight is 262 g/mol. The molecule has 4 heteroatoms. The normalized spacial score (nSPS) is 15.0. The number of hydrogen-bond acceptors (Lipinski definition) is 2. The highest BCUT2D eigenvalue weighted by atomic mass is 35.5. The molecule has 1 aliphatic rings. The number of benzene rings is 1. The van der Waals surface area contributed by atoms with Crippen molar-refractivity contribution in [1.29, 1.82) is 0 Å². The number of nitrogens with one attached hydrogen (secondary N) is 1. The van der Waals surface area contributed by atoms with Crippen molar-refractivity contribution >= 4 is 11.6 Å². The number of nitrogens with zero attached hydrogens (tertiary/aromatic N) is 2. The molecule has 0 aliphatic heterocycles. The SMILES string of the molecule is Cc1nccn1-c1cccc(Cl)c1CNC1CC1. The zero-order valence-electron chi connectivity index (χ0n) is 10.4. The van der Waals surface area contributed by atoms with E-state index in [4.69, 9.17) is 11.6 Å². The number of hydrogen-bond donors (Lipinski definition) is 1. The van der Waals surface area contributed by atoms with Gasteiger partial charge in [-0.15, -0.1) is 0 Å². The lowest BCUT2D eigenvalue weighted by Crippen LogP contribution is -2.17. The van der Waals surface area contributed by atoms with Gasteiger partial charge in [0.1, 0.15) is 5.82 Å². The lowest BCUT2D eigenvalue weighted by molar-refractivity contribution is 0.684. The molecule has 3 rings (SSSR count). The van der Waals surface area contributed by atoms with Gasteiger partial charge in [0.15, 0.2) is 0 Å². The van der Waals surface area contributed by atoms with E-state index in [1.54, 1.807) is 0 Å². The molecule has 0 atom stereocenters. The molecule has 1 aromatic heterocycles. The van der Waals surface area contributed by atoms with Crippen LogP contribution in [0.25, 0.3) is 5.69 Å². The van der Waals surface area contributed by atoms with Gasteiger partial charge in [-0.2, -0.15) is 0 Å². The summed E-state index contributed by atoms with van der Waals surface area (Å²) in [7, 11) is 0. The van der Waals surface area contributed by atoms with Crippen molar-refractivity contribution in [2.45, 2.75) is 32.4 Å². The van der Waals surface area contributed by atoms with Crippen LogP contribution < -0.4 is 5.32 Å². The third-order valence-electron chi connectivity index (χ3n) is 3.32. The fourth-order valence-corrected chi connectivity index (χ4v) is 2.35. The second kappa shape index (κ2) is 4.75. The highest BCUT2D eigenvalue weighted by Gasteiger charge is 2.21. The van der Waals surface area contributed by atoms with Crippen molar-refractivity contribution in [3.63, 3.8) is 0 Å². The van der Waals surface area contributed by atoms with E-state index >= 15 is 0 Å². The van der Waals surface area contributed by atoms with Gasteiger partial charge in [-0.05, 0) is 31.9 Å². The number of halogens is 1. The summed E-state index contributed by atoms with van der Waals surface area (Å²) in [4.78, 5) is 4.27. The van der Waals surface area contributed by atoms with Gasteiger partial charge in [0, 0.05) is 35.6 Å². The summed E-state index contributed by atoms with van der Waals surface area (Å²) in [6.07, 6.45) is 6.35. The van der Waals surface area contributed by atoms with Gasteiger partial charge in [0.05, 0.1) is 5.69 Å². The van der Waals surface area contributed by atoms with E-state index < -0.39 is 0 Å². The van der Waals surface area contributed by atoms with Crippen LogP contribution in [0.2, 0.25) is 5.02 Å². The van der Waals surface area contributed by atoms with Crippen molar-refractivity contribution in [3.05, 3.63) is 47.0 Å². The molecule has 1 aromatic carbocycles. The first-order chi connectivity index (χ1) is 8.75. The van der Waals surface area contributed by atoms with Gasteiger partial charge in [0.25, 0.3) is 0 Å². The number of rotatable bonds is 4. The Bertz CT molecular complexity index is 558. The maximum absolute atomic E-state index is 6.33. The summed E-state index contributed by atoms with van der Waals surface area (Å²) in [5, 5.41) is 4.33. The Hall–Kier alpha value is -1.32. The van der Waals surface area contributed by atoms with E-state index in [9.17, 15) is 0 Å². The van der Waals surface area contributed by atoms with Crippen LogP contribution in [0, 0.1) is 6.92 Å². The highest BCUT2D eigenvalue weighted by molar-refractivity contribution is 6.31. The lowest BCUT2D eigenvalue weighted by atomic mass is 10.1. The molecule has 1 fully saturated rings. The minimum absolute atomic E-state index is 0.679. The van der Waals surface area contributed by atoms with Crippen LogP contribution in [-0.2, 0) is 6.54 Å². The van der Waals surface area contributed by atoms with Gasteiger partial charge in [-0.25, -0.2) is 4.98 Å². The van der Waals surface area contributed by atoms with Crippen molar-refractivity contribution < 1.29 is 0 Å². The largest absolute Gasteiger partial charge is 0.310 e. The summed E-state index contributed by atoms with van der Waals surface area (Å²) < 4.78 is 2.08. The Kier molecular flexibility index (Phi) is 3.10. The minimum Gasteiger partial charge on any atom is -0.310 e. The van der Waals surface area contributed by atoms with Crippen LogP contribution in [0.5, 0.6) is 0 Å². The van der Waals surface area contributed by atoms with E-state index in [1.165, 1.54) is 12.8 Å². The first-order valence-electron chi connectivity index (χ1n) is 6.27. The second-order valence-corrected chi connectivity index (χ2v) is 5.14. The van der Waals surface area contributed by atoms with Crippen molar-refractivity contribution in [2.24, 2.45) is 0 Å². The molecule has 2 aromatic rings. The van der Waals surface area contributed by atoms with Crippen molar-refractivity contribution in [3.8, 4) is 5.69 Å². The lowest BCUT2D eigenvalue weighted by Gasteiger charge is -2.14. The van der Waals surface area contributed by atoms with Gasteiger partial charge in [0.2, 0.25) is 0 Å². The molecule has 1 saturated carbocycles. The van der Waals surface area contributed by atoms with Gasteiger partial charge in [-0.1, -0.05) is 17.7 Å². The predicted molar refractivity (Wildman–Crippen MR) is 73.2 cm³/mol. The molecule has 0 bridgehead atoms. The first kappa shape index (κ1) is 11.8. The summed E-state index contributed by atoms with van der Waals surface area (Å²) in [6.45, 7) is 2.82. The Labute approximate surface area is 112 Å². The smallest absolute Gasteiger partial charge is 0.110 e. The summed E-state index contributed by atoms with van der Waals surface area (Å²) in [5.74, 6) is 0.977. The minimum atomic E-state index is 0.679. The van der Waals surface area contributed by atoms with Crippen LogP contribution in [0.4, 0.5) is 0 Å². The number of aryl methyl sites for hydroxylation is 1. The predicted octanol–water partition coefficient (Wildman–Crippen LogP) is 3.09. The van der Waals surface area contributed by atoms with E-state index in [-0.39, 0.29) is 0 Å². The molecule has 1 aliphatic carbocycles. The number of imidazole rings is 1. The molecule has 1 heterocycles. The molecule has 18 heavy (non-hydrogen) atoms. The highest BCUT2D eigenvalue weighted by Crippen LogP contribution is 2.26. The van der Waals surface area contributed by atoms with Crippen molar-refractivity contribution in [2.75, 3.05) is 0 Å². The van der Waals surface area contributed by atoms with Gasteiger partial charge < -0.3 is 9.88 Å². The third-order valence-corrected chi connectivity index (χ3v) is 3.68. The van der Waals surface area contributed by atoms with Gasteiger partial charge in [-0.3, -0.25) is 0 Å². The third kappa shape index (κ3) is 2.28. The molecule has 0 radical (unpaired) electrons. The fourth-order valence-electron chi connectivity index (χ4n) is 2.11. The first-order valence-corrected chi connectivity index (χ1v) is 6.64. The van der Waals surface area contributed by atoms with Crippen LogP contribution in [0.15, 0.2) is 30.6 Å². The van der Waals surface area contributed by atoms with E-state index in [0.717, 1.165) is 28.6 Å². The van der Waals surface area contributed by atoms with Crippen LogP contribution in [0.3, 0.4) is 0 Å². The maximum Gasteiger partial charge on any atom is 0.110 e. The monoisotopic (exact) mass is 261 g/mol. The molecule has 0 spiro atoms. The molecule has 0 amide bonds. The standard InChI is InChI=1S/C14H16ClN3/c1-10-16-7-8-18(10)14-4-2-3-13(15)12(14)9-17-11-5-6-11/h2-4,7-8,11,17H,5-6,9H2,1H3.